The monoisotopic (exact) mass is 432 g/mol. The van der Waals surface area contributed by atoms with Crippen molar-refractivity contribution in [3.05, 3.63) is 70.5 Å². The van der Waals surface area contributed by atoms with Crippen molar-refractivity contribution in [2.24, 2.45) is 5.92 Å². The molecule has 1 amide bonds. The fraction of sp³-hybridized carbons (Fsp3) is 0.423. The van der Waals surface area contributed by atoms with Crippen LogP contribution in [0.15, 0.2) is 59.4 Å². The Hall–Kier alpha value is -3.15. The van der Waals surface area contributed by atoms with Crippen LogP contribution in [0.1, 0.15) is 38.7 Å². The first-order chi connectivity index (χ1) is 15.5. The lowest BCUT2D eigenvalue weighted by atomic mass is 9.95. The molecule has 1 aromatic heterocycles. The molecule has 0 N–H and O–H groups in total. The van der Waals surface area contributed by atoms with Crippen molar-refractivity contribution in [3.63, 3.8) is 0 Å². The minimum absolute atomic E-state index is 0.0482. The van der Waals surface area contributed by atoms with E-state index in [1.807, 2.05) is 69.0 Å². The Morgan fingerprint density at radius 1 is 0.969 bits per heavy atom. The van der Waals surface area contributed by atoms with Crippen molar-refractivity contribution in [2.75, 3.05) is 31.1 Å². The van der Waals surface area contributed by atoms with Gasteiger partial charge < -0.3 is 14.4 Å². The van der Waals surface area contributed by atoms with Crippen molar-refractivity contribution < 1.29 is 4.79 Å². The molecular formula is C26H32N4O2. The zero-order chi connectivity index (χ0) is 22.7. The summed E-state index contributed by atoms with van der Waals surface area (Å²) >= 11 is 0. The second kappa shape index (κ2) is 9.55. The Kier molecular flexibility index (Phi) is 6.58. The van der Waals surface area contributed by atoms with E-state index in [0.29, 0.717) is 44.5 Å². The van der Waals surface area contributed by atoms with Crippen LogP contribution < -0.4 is 10.5 Å². The van der Waals surface area contributed by atoms with Gasteiger partial charge in [0, 0.05) is 32.7 Å². The average Bonchev–Trinajstić information content (AvgIpc) is 2.82. The fourth-order valence-electron chi connectivity index (χ4n) is 4.53. The molecule has 6 nitrogen and oxygen atoms in total. The topological polar surface area (TPSA) is 58.4 Å². The molecule has 2 aromatic carbocycles. The molecule has 1 fully saturated rings. The van der Waals surface area contributed by atoms with E-state index in [1.165, 1.54) is 0 Å². The quantitative estimate of drug-likeness (QED) is 0.593. The standard InChI is InChI=1S/C26H32N4O2/c1-4-21(20-10-6-5-7-11-20)25(31)29-16-14-28(15-17-29)24-26(32)30(18-19(2)3)23-13-9-8-12-22(23)27-24/h5-13,19,21H,4,14-18H2,1-3H3. The molecule has 1 aliphatic heterocycles. The Balaban J connectivity index is 1.55. The van der Waals surface area contributed by atoms with Crippen molar-refractivity contribution >= 4 is 22.8 Å². The molecule has 1 aliphatic rings. The predicted molar refractivity (Wildman–Crippen MR) is 129 cm³/mol. The predicted octanol–water partition coefficient (Wildman–Crippen LogP) is 3.89. The lowest BCUT2D eigenvalue weighted by molar-refractivity contribution is -0.133. The largest absolute Gasteiger partial charge is 0.348 e. The molecule has 168 valence electrons. The zero-order valence-corrected chi connectivity index (χ0v) is 19.2. The van der Waals surface area contributed by atoms with Crippen molar-refractivity contribution in [1.82, 2.24) is 14.5 Å². The number of carbonyl (C=O) groups excluding carboxylic acids is 1. The summed E-state index contributed by atoms with van der Waals surface area (Å²) in [4.78, 5) is 35.3. The molecule has 3 aromatic rings. The van der Waals surface area contributed by atoms with Gasteiger partial charge in [-0.3, -0.25) is 9.59 Å². The van der Waals surface area contributed by atoms with Gasteiger partial charge in [-0.25, -0.2) is 4.98 Å². The maximum Gasteiger partial charge on any atom is 0.294 e. The lowest BCUT2D eigenvalue weighted by Gasteiger charge is -2.37. The highest BCUT2D eigenvalue weighted by molar-refractivity contribution is 5.84. The number of anilines is 1. The van der Waals surface area contributed by atoms with E-state index < -0.39 is 0 Å². The smallest absolute Gasteiger partial charge is 0.294 e. The summed E-state index contributed by atoms with van der Waals surface area (Å²) in [5, 5.41) is 0. The second-order valence-corrected chi connectivity index (χ2v) is 8.92. The van der Waals surface area contributed by atoms with Crippen LogP contribution >= 0.6 is 0 Å². The molecule has 32 heavy (non-hydrogen) atoms. The first kappa shape index (κ1) is 22.1. The second-order valence-electron chi connectivity index (χ2n) is 8.92. The van der Waals surface area contributed by atoms with E-state index in [-0.39, 0.29) is 17.4 Å². The summed E-state index contributed by atoms with van der Waals surface area (Å²) < 4.78 is 1.85. The highest BCUT2D eigenvalue weighted by atomic mass is 16.2. The molecule has 0 bridgehead atoms. The summed E-state index contributed by atoms with van der Waals surface area (Å²) in [6.45, 7) is 9.36. The van der Waals surface area contributed by atoms with Gasteiger partial charge in [0.25, 0.3) is 5.56 Å². The van der Waals surface area contributed by atoms with Gasteiger partial charge in [0.05, 0.1) is 17.0 Å². The van der Waals surface area contributed by atoms with E-state index in [2.05, 4.69) is 20.8 Å². The zero-order valence-electron chi connectivity index (χ0n) is 19.2. The van der Waals surface area contributed by atoms with Crippen LogP contribution in [0.3, 0.4) is 0 Å². The molecule has 1 saturated heterocycles. The van der Waals surface area contributed by atoms with Crippen LogP contribution in [0.4, 0.5) is 5.82 Å². The Labute approximate surface area is 189 Å². The van der Waals surface area contributed by atoms with Gasteiger partial charge in [0.2, 0.25) is 5.91 Å². The van der Waals surface area contributed by atoms with Crippen molar-refractivity contribution in [2.45, 2.75) is 39.7 Å². The third-order valence-electron chi connectivity index (χ3n) is 6.18. The number of fused-ring (bicyclic) bond motifs is 1. The summed E-state index contributed by atoms with van der Waals surface area (Å²) in [6.07, 6.45) is 0.773. The van der Waals surface area contributed by atoms with Gasteiger partial charge in [0.15, 0.2) is 5.82 Å². The van der Waals surface area contributed by atoms with Gasteiger partial charge >= 0.3 is 0 Å². The summed E-state index contributed by atoms with van der Waals surface area (Å²) in [5.74, 6) is 0.892. The molecular weight excluding hydrogens is 400 g/mol. The summed E-state index contributed by atoms with van der Waals surface area (Å²) in [7, 11) is 0. The van der Waals surface area contributed by atoms with E-state index in [4.69, 9.17) is 4.98 Å². The number of piperazine rings is 1. The average molecular weight is 433 g/mol. The fourth-order valence-corrected chi connectivity index (χ4v) is 4.53. The van der Waals surface area contributed by atoms with Crippen LogP contribution in [0, 0.1) is 5.92 Å². The SMILES string of the molecule is CCC(C(=O)N1CCN(c2nc3ccccc3n(CC(C)C)c2=O)CC1)c1ccccc1. The molecule has 4 rings (SSSR count). The molecule has 2 heterocycles. The maximum absolute atomic E-state index is 13.4. The molecule has 0 radical (unpaired) electrons. The molecule has 1 unspecified atom stereocenters. The Morgan fingerprint density at radius 2 is 1.62 bits per heavy atom. The summed E-state index contributed by atoms with van der Waals surface area (Å²) in [5.41, 5.74) is 2.72. The molecule has 0 saturated carbocycles. The normalized spacial score (nSPS) is 15.4. The third kappa shape index (κ3) is 4.40. The summed E-state index contributed by atoms with van der Waals surface area (Å²) in [6, 6.07) is 17.8. The van der Waals surface area contributed by atoms with E-state index in [0.717, 1.165) is 23.0 Å². The number of hydrogen-bond donors (Lipinski definition) is 0. The van der Waals surface area contributed by atoms with Crippen LogP contribution in [0.5, 0.6) is 0 Å². The van der Waals surface area contributed by atoms with Crippen molar-refractivity contribution in [3.8, 4) is 0 Å². The number of amides is 1. The number of rotatable bonds is 6. The van der Waals surface area contributed by atoms with E-state index in [9.17, 15) is 9.59 Å². The van der Waals surface area contributed by atoms with E-state index >= 15 is 0 Å². The van der Waals surface area contributed by atoms with E-state index in [1.54, 1.807) is 0 Å². The maximum atomic E-state index is 13.4. The highest BCUT2D eigenvalue weighted by Gasteiger charge is 2.29. The van der Waals surface area contributed by atoms with Crippen LogP contribution in [0.25, 0.3) is 11.0 Å². The molecule has 6 heteroatoms. The minimum Gasteiger partial charge on any atom is -0.348 e. The first-order valence-corrected chi connectivity index (χ1v) is 11.6. The van der Waals surface area contributed by atoms with Crippen LogP contribution in [-0.4, -0.2) is 46.5 Å². The first-order valence-electron chi connectivity index (χ1n) is 11.6. The molecule has 1 atom stereocenters. The lowest BCUT2D eigenvalue weighted by Crippen LogP contribution is -2.51. The van der Waals surface area contributed by atoms with Gasteiger partial charge in [-0.05, 0) is 30.0 Å². The minimum atomic E-state index is -0.121. The third-order valence-corrected chi connectivity index (χ3v) is 6.18. The Bertz CT molecular complexity index is 1130. The number of aromatic nitrogens is 2. The van der Waals surface area contributed by atoms with Crippen molar-refractivity contribution in [1.29, 1.82) is 0 Å². The molecule has 0 spiro atoms. The van der Waals surface area contributed by atoms with Crippen LogP contribution in [0.2, 0.25) is 0 Å². The number of carbonyl (C=O) groups is 1. The number of hydrogen-bond acceptors (Lipinski definition) is 4. The molecule has 0 aliphatic carbocycles. The van der Waals surface area contributed by atoms with Gasteiger partial charge in [-0.2, -0.15) is 0 Å². The number of nitrogens with zero attached hydrogens (tertiary/aromatic N) is 4. The Morgan fingerprint density at radius 3 is 2.28 bits per heavy atom. The number of para-hydroxylation sites is 2. The van der Waals surface area contributed by atoms with Gasteiger partial charge in [-0.15, -0.1) is 0 Å². The number of benzene rings is 2. The van der Waals surface area contributed by atoms with Gasteiger partial charge in [-0.1, -0.05) is 63.2 Å². The van der Waals surface area contributed by atoms with Crippen LogP contribution in [-0.2, 0) is 11.3 Å². The van der Waals surface area contributed by atoms with Gasteiger partial charge in [0.1, 0.15) is 0 Å². The highest BCUT2D eigenvalue weighted by Crippen LogP contribution is 2.23.